The molecule has 3 rings (SSSR count). The van der Waals surface area contributed by atoms with E-state index in [1.165, 1.54) is 11.6 Å². The second kappa shape index (κ2) is 5.60. The van der Waals surface area contributed by atoms with Crippen LogP contribution in [0.1, 0.15) is 39.5 Å². The summed E-state index contributed by atoms with van der Waals surface area (Å²) in [6.07, 6.45) is 1.80. The van der Waals surface area contributed by atoms with E-state index < -0.39 is 4.92 Å². The molecule has 5 nitrogen and oxygen atoms in total. The standard InChI is InChI=1S/C17H16N2O3/c1-11-13(7-4-8-16(11)19(21)22)17(20)18-15-10-9-12-5-2-3-6-14(12)15/h2-8,15H,9-10H2,1H3,(H,18,20). The number of nitrogens with zero attached hydrogens (tertiary/aromatic N) is 1. The van der Waals surface area contributed by atoms with Gasteiger partial charge >= 0.3 is 0 Å². The van der Waals surface area contributed by atoms with Crippen molar-refractivity contribution in [1.82, 2.24) is 5.32 Å². The van der Waals surface area contributed by atoms with E-state index in [0.29, 0.717) is 11.1 Å². The smallest absolute Gasteiger partial charge is 0.273 e. The van der Waals surface area contributed by atoms with Crippen molar-refractivity contribution in [1.29, 1.82) is 0 Å². The Labute approximate surface area is 128 Å². The highest BCUT2D eigenvalue weighted by molar-refractivity contribution is 5.96. The molecule has 2 aromatic carbocycles. The molecule has 0 heterocycles. The van der Waals surface area contributed by atoms with Crippen molar-refractivity contribution in [2.24, 2.45) is 0 Å². The lowest BCUT2D eigenvalue weighted by Crippen LogP contribution is -2.27. The van der Waals surface area contributed by atoms with Crippen molar-refractivity contribution in [3.63, 3.8) is 0 Å². The van der Waals surface area contributed by atoms with Crippen LogP contribution in [0.3, 0.4) is 0 Å². The minimum Gasteiger partial charge on any atom is -0.345 e. The summed E-state index contributed by atoms with van der Waals surface area (Å²) in [6, 6.07) is 12.6. The van der Waals surface area contributed by atoms with E-state index in [1.54, 1.807) is 19.1 Å². The summed E-state index contributed by atoms with van der Waals surface area (Å²) >= 11 is 0. The van der Waals surface area contributed by atoms with E-state index in [1.807, 2.05) is 18.2 Å². The van der Waals surface area contributed by atoms with Crippen molar-refractivity contribution in [3.8, 4) is 0 Å². The minimum absolute atomic E-state index is 0.0256. The second-order valence-electron chi connectivity index (χ2n) is 5.47. The molecule has 0 aromatic heterocycles. The number of amides is 1. The number of nitro groups is 1. The van der Waals surface area contributed by atoms with Crippen LogP contribution >= 0.6 is 0 Å². The first-order valence-corrected chi connectivity index (χ1v) is 7.20. The van der Waals surface area contributed by atoms with Crippen molar-refractivity contribution < 1.29 is 9.72 Å². The van der Waals surface area contributed by atoms with E-state index in [9.17, 15) is 14.9 Å². The fraction of sp³-hybridized carbons (Fsp3) is 0.235. The lowest BCUT2D eigenvalue weighted by atomic mass is 10.0. The maximum atomic E-state index is 12.5. The van der Waals surface area contributed by atoms with Gasteiger partial charge in [-0.2, -0.15) is 0 Å². The summed E-state index contributed by atoms with van der Waals surface area (Å²) in [5, 5.41) is 14.0. The first-order valence-electron chi connectivity index (χ1n) is 7.20. The quantitative estimate of drug-likeness (QED) is 0.697. The number of carbonyl (C=O) groups is 1. The molecule has 1 aliphatic carbocycles. The van der Waals surface area contributed by atoms with Crippen LogP contribution in [0.5, 0.6) is 0 Å². The number of benzene rings is 2. The zero-order valence-electron chi connectivity index (χ0n) is 12.2. The van der Waals surface area contributed by atoms with Gasteiger partial charge in [0.25, 0.3) is 11.6 Å². The van der Waals surface area contributed by atoms with Gasteiger partial charge in [-0.1, -0.05) is 30.3 Å². The van der Waals surface area contributed by atoms with Gasteiger partial charge in [-0.3, -0.25) is 14.9 Å². The van der Waals surface area contributed by atoms with E-state index >= 15 is 0 Å². The van der Waals surface area contributed by atoms with Gasteiger partial charge in [-0.25, -0.2) is 0 Å². The molecule has 0 aliphatic heterocycles. The Morgan fingerprint density at radius 1 is 1.23 bits per heavy atom. The third kappa shape index (κ3) is 2.45. The molecule has 0 spiro atoms. The molecule has 0 saturated carbocycles. The molecule has 1 aliphatic rings. The summed E-state index contributed by atoms with van der Waals surface area (Å²) in [5.74, 6) is -0.261. The Bertz CT molecular complexity index is 755. The number of rotatable bonds is 3. The Kier molecular flexibility index (Phi) is 3.63. The molecule has 1 atom stereocenters. The molecule has 0 fully saturated rings. The summed E-state index contributed by atoms with van der Waals surface area (Å²) in [4.78, 5) is 23.0. The highest BCUT2D eigenvalue weighted by Crippen LogP contribution is 2.31. The predicted molar refractivity (Wildman–Crippen MR) is 82.8 cm³/mol. The van der Waals surface area contributed by atoms with Gasteiger partial charge in [0.15, 0.2) is 0 Å². The molecule has 1 amide bonds. The molecule has 0 radical (unpaired) electrons. The van der Waals surface area contributed by atoms with E-state index in [0.717, 1.165) is 18.4 Å². The Morgan fingerprint density at radius 2 is 2.00 bits per heavy atom. The maximum absolute atomic E-state index is 12.5. The molecule has 0 saturated heterocycles. The number of fused-ring (bicyclic) bond motifs is 1. The molecular formula is C17H16N2O3. The van der Waals surface area contributed by atoms with Gasteiger partial charge in [0, 0.05) is 17.2 Å². The minimum atomic E-state index is -0.461. The van der Waals surface area contributed by atoms with Gasteiger partial charge in [-0.05, 0) is 37.0 Å². The average Bonchev–Trinajstić information content (AvgIpc) is 2.90. The predicted octanol–water partition coefficient (Wildman–Crippen LogP) is 3.32. The van der Waals surface area contributed by atoms with Gasteiger partial charge in [0.05, 0.1) is 11.0 Å². The summed E-state index contributed by atoms with van der Waals surface area (Å²) in [7, 11) is 0. The number of carbonyl (C=O) groups excluding carboxylic acids is 1. The average molecular weight is 296 g/mol. The first-order chi connectivity index (χ1) is 10.6. The molecular weight excluding hydrogens is 280 g/mol. The molecule has 22 heavy (non-hydrogen) atoms. The van der Waals surface area contributed by atoms with Crippen molar-refractivity contribution in [2.75, 3.05) is 0 Å². The monoisotopic (exact) mass is 296 g/mol. The van der Waals surface area contributed by atoms with Crippen LogP contribution in [0, 0.1) is 17.0 Å². The lowest BCUT2D eigenvalue weighted by Gasteiger charge is -2.15. The number of hydrogen-bond donors (Lipinski definition) is 1. The fourth-order valence-corrected chi connectivity index (χ4v) is 3.01. The third-order valence-electron chi connectivity index (χ3n) is 4.18. The highest BCUT2D eigenvalue weighted by atomic mass is 16.6. The van der Waals surface area contributed by atoms with E-state index in [-0.39, 0.29) is 17.6 Å². The number of nitrogens with one attached hydrogen (secondary N) is 1. The lowest BCUT2D eigenvalue weighted by molar-refractivity contribution is -0.385. The summed E-state index contributed by atoms with van der Waals surface area (Å²) in [5.41, 5.74) is 3.12. The van der Waals surface area contributed by atoms with Crippen LogP contribution in [-0.4, -0.2) is 10.8 Å². The van der Waals surface area contributed by atoms with Crippen molar-refractivity contribution in [3.05, 3.63) is 74.8 Å². The molecule has 0 bridgehead atoms. The highest BCUT2D eigenvalue weighted by Gasteiger charge is 2.25. The Hall–Kier alpha value is -2.69. The van der Waals surface area contributed by atoms with Crippen molar-refractivity contribution >= 4 is 11.6 Å². The van der Waals surface area contributed by atoms with Crippen LogP contribution in [-0.2, 0) is 6.42 Å². The van der Waals surface area contributed by atoms with Crippen LogP contribution in [0.4, 0.5) is 5.69 Å². The number of hydrogen-bond acceptors (Lipinski definition) is 3. The summed E-state index contributed by atoms with van der Waals surface area (Å²) in [6.45, 7) is 1.61. The number of nitro benzene ring substituents is 1. The topological polar surface area (TPSA) is 72.2 Å². The zero-order valence-corrected chi connectivity index (χ0v) is 12.2. The van der Waals surface area contributed by atoms with Crippen LogP contribution in [0.15, 0.2) is 42.5 Å². The van der Waals surface area contributed by atoms with Gasteiger partial charge in [-0.15, -0.1) is 0 Å². The summed E-state index contributed by atoms with van der Waals surface area (Å²) < 4.78 is 0. The Balaban J connectivity index is 1.85. The third-order valence-corrected chi connectivity index (χ3v) is 4.18. The fourth-order valence-electron chi connectivity index (χ4n) is 3.01. The maximum Gasteiger partial charge on any atom is 0.273 e. The van der Waals surface area contributed by atoms with Gasteiger partial charge in [0.2, 0.25) is 0 Å². The SMILES string of the molecule is Cc1c(C(=O)NC2CCc3ccccc32)cccc1[N+](=O)[O-]. The van der Waals surface area contributed by atoms with Gasteiger partial charge < -0.3 is 5.32 Å². The van der Waals surface area contributed by atoms with Crippen molar-refractivity contribution in [2.45, 2.75) is 25.8 Å². The van der Waals surface area contributed by atoms with Crippen LogP contribution in [0.2, 0.25) is 0 Å². The van der Waals surface area contributed by atoms with Gasteiger partial charge in [0.1, 0.15) is 0 Å². The zero-order chi connectivity index (χ0) is 15.7. The van der Waals surface area contributed by atoms with E-state index in [4.69, 9.17) is 0 Å². The molecule has 1 N–H and O–H groups in total. The normalized spacial score (nSPS) is 16.1. The largest absolute Gasteiger partial charge is 0.345 e. The molecule has 2 aromatic rings. The van der Waals surface area contributed by atoms with E-state index in [2.05, 4.69) is 11.4 Å². The van der Waals surface area contributed by atoms with Crippen LogP contribution < -0.4 is 5.32 Å². The second-order valence-corrected chi connectivity index (χ2v) is 5.47. The number of aryl methyl sites for hydroxylation is 1. The molecule has 5 heteroatoms. The first kappa shape index (κ1) is 14.3. The molecule has 112 valence electrons. The van der Waals surface area contributed by atoms with Crippen LogP contribution in [0.25, 0.3) is 0 Å². The molecule has 1 unspecified atom stereocenters. The Morgan fingerprint density at radius 3 is 2.77 bits per heavy atom.